The first-order chi connectivity index (χ1) is 9.48. The number of nitrogens with zero attached hydrogens (tertiary/aromatic N) is 1. The first-order valence-corrected chi connectivity index (χ1v) is 8.21. The predicted octanol–water partition coefficient (Wildman–Crippen LogP) is 1.48. The number of pyridine rings is 1. The molecule has 0 aliphatic carbocycles. The average Bonchev–Trinajstić information content (AvgIpc) is 2.43. The van der Waals surface area contributed by atoms with E-state index < -0.39 is 15.9 Å². The lowest BCUT2D eigenvalue weighted by Crippen LogP contribution is -2.32. The van der Waals surface area contributed by atoms with Crippen LogP contribution in [0.2, 0.25) is 0 Å². The molecule has 0 aliphatic rings. The van der Waals surface area contributed by atoms with Crippen LogP contribution in [0.15, 0.2) is 18.3 Å². The maximum Gasteiger partial charge on any atom is 0.266 e. The van der Waals surface area contributed by atoms with E-state index in [1.54, 1.807) is 6.07 Å². The van der Waals surface area contributed by atoms with Gasteiger partial charge in [0.05, 0.1) is 23.6 Å². The highest BCUT2D eigenvalue weighted by atomic mass is 32.2. The van der Waals surface area contributed by atoms with Gasteiger partial charge in [-0.1, -0.05) is 13.3 Å². The molecule has 0 aliphatic heterocycles. The molecule has 1 N–H and O–H groups in total. The molecule has 0 spiro atoms. The van der Waals surface area contributed by atoms with Crippen molar-refractivity contribution < 1.29 is 17.9 Å². The fourth-order valence-corrected chi connectivity index (χ4v) is 2.61. The molecule has 1 aromatic heterocycles. The topological polar surface area (TPSA) is 85.4 Å². The summed E-state index contributed by atoms with van der Waals surface area (Å²) in [5.74, 6) is -0.706. The highest BCUT2D eigenvalue weighted by molar-refractivity contribution is 7.90. The zero-order valence-corrected chi connectivity index (χ0v) is 12.6. The first-order valence-electron chi connectivity index (χ1n) is 6.56. The normalized spacial score (nSPS) is 11.3. The van der Waals surface area contributed by atoms with E-state index in [0.717, 1.165) is 6.42 Å². The van der Waals surface area contributed by atoms with E-state index >= 15 is 0 Å². The number of hydrogen-bond donors (Lipinski definition) is 1. The summed E-state index contributed by atoms with van der Waals surface area (Å²) in [5, 5.41) is 0. The number of hydrogen-bond acceptors (Lipinski definition) is 5. The number of rotatable bonds is 8. The second-order valence-electron chi connectivity index (χ2n) is 4.28. The van der Waals surface area contributed by atoms with Crippen LogP contribution in [-0.4, -0.2) is 31.7 Å². The van der Waals surface area contributed by atoms with E-state index in [9.17, 15) is 13.2 Å². The summed E-state index contributed by atoms with van der Waals surface area (Å²) in [6.45, 7) is 4.72. The second-order valence-corrected chi connectivity index (χ2v) is 6.12. The molecular weight excluding hydrogens is 280 g/mol. The molecule has 0 saturated carbocycles. The third-order valence-electron chi connectivity index (χ3n) is 2.56. The average molecular weight is 300 g/mol. The smallest absolute Gasteiger partial charge is 0.266 e. The Morgan fingerprint density at radius 3 is 2.65 bits per heavy atom. The minimum absolute atomic E-state index is 0.0505. The number of nitrogens with one attached hydrogen (secondary N) is 1. The van der Waals surface area contributed by atoms with Crippen molar-refractivity contribution in [1.29, 1.82) is 0 Å². The van der Waals surface area contributed by atoms with Crippen LogP contribution < -0.4 is 4.72 Å². The maximum atomic E-state index is 11.8. The van der Waals surface area contributed by atoms with Gasteiger partial charge in [0.1, 0.15) is 0 Å². The Morgan fingerprint density at radius 1 is 1.35 bits per heavy atom. The van der Waals surface area contributed by atoms with E-state index in [1.807, 2.05) is 18.6 Å². The van der Waals surface area contributed by atoms with Crippen LogP contribution >= 0.6 is 0 Å². The number of ether oxygens (including phenoxy) is 1. The summed E-state index contributed by atoms with van der Waals surface area (Å²) < 4.78 is 30.4. The van der Waals surface area contributed by atoms with Crippen molar-refractivity contribution in [3.8, 4) is 0 Å². The Labute approximate surface area is 119 Å². The number of carbonyl (C=O) groups excluding carboxylic acids is 1. The fraction of sp³-hybridized carbons (Fsp3) is 0.538. The van der Waals surface area contributed by atoms with Crippen LogP contribution in [0.25, 0.3) is 0 Å². The third kappa shape index (κ3) is 5.66. The summed E-state index contributed by atoms with van der Waals surface area (Å²) in [4.78, 5) is 15.8. The van der Waals surface area contributed by atoms with Gasteiger partial charge in [0.25, 0.3) is 5.91 Å². The lowest BCUT2D eigenvalue weighted by molar-refractivity contribution is 0.0980. The molecule has 20 heavy (non-hydrogen) atoms. The van der Waals surface area contributed by atoms with E-state index in [1.165, 1.54) is 12.3 Å². The quantitative estimate of drug-likeness (QED) is 0.786. The van der Waals surface area contributed by atoms with Gasteiger partial charge < -0.3 is 4.74 Å². The summed E-state index contributed by atoms with van der Waals surface area (Å²) in [5.41, 5.74) is 0.905. The summed E-state index contributed by atoms with van der Waals surface area (Å²) in [6, 6.07) is 3.18. The lowest BCUT2D eigenvalue weighted by Gasteiger charge is -2.06. The summed E-state index contributed by atoms with van der Waals surface area (Å²) in [6.07, 6.45) is 2.62. The predicted molar refractivity (Wildman–Crippen MR) is 75.7 cm³/mol. The zero-order chi connectivity index (χ0) is 15.0. The molecule has 0 bridgehead atoms. The van der Waals surface area contributed by atoms with Crippen LogP contribution in [-0.2, 0) is 21.4 Å². The van der Waals surface area contributed by atoms with Gasteiger partial charge in [-0.25, -0.2) is 13.1 Å². The Morgan fingerprint density at radius 2 is 2.10 bits per heavy atom. The molecular formula is C13H20N2O4S. The minimum Gasteiger partial charge on any atom is -0.375 e. The van der Waals surface area contributed by atoms with Gasteiger partial charge in [0.15, 0.2) is 0 Å². The molecule has 6 nitrogen and oxygen atoms in total. The monoisotopic (exact) mass is 300 g/mol. The van der Waals surface area contributed by atoms with Crippen molar-refractivity contribution in [1.82, 2.24) is 9.71 Å². The van der Waals surface area contributed by atoms with Gasteiger partial charge >= 0.3 is 0 Å². The van der Waals surface area contributed by atoms with Gasteiger partial charge in [0.2, 0.25) is 10.0 Å². The Kier molecular flexibility index (Phi) is 6.60. The van der Waals surface area contributed by atoms with E-state index in [-0.39, 0.29) is 11.3 Å². The number of sulfonamides is 1. The van der Waals surface area contributed by atoms with Gasteiger partial charge in [-0.05, 0) is 25.5 Å². The molecule has 0 unspecified atom stereocenters. The van der Waals surface area contributed by atoms with Crippen LogP contribution in [0.3, 0.4) is 0 Å². The molecule has 0 saturated heterocycles. The summed E-state index contributed by atoms with van der Waals surface area (Å²) in [7, 11) is -3.57. The molecule has 0 fully saturated rings. The minimum atomic E-state index is -3.57. The molecule has 0 atom stereocenters. The zero-order valence-electron chi connectivity index (χ0n) is 11.8. The molecule has 7 heteroatoms. The largest absolute Gasteiger partial charge is 0.375 e. The molecule has 1 rings (SSSR count). The van der Waals surface area contributed by atoms with Crippen LogP contribution in [0, 0.1) is 0 Å². The van der Waals surface area contributed by atoms with Crippen molar-refractivity contribution in [2.75, 3.05) is 12.4 Å². The molecule has 0 aromatic carbocycles. The number of carbonyl (C=O) groups is 1. The standard InChI is InChI=1S/C13H20N2O4S/c1-3-5-8-20(17,18)15-13(16)11-6-7-12(14-9-11)10-19-4-2/h6-7,9H,3-5,8,10H2,1-2H3,(H,15,16). The highest BCUT2D eigenvalue weighted by Gasteiger charge is 2.15. The fourth-order valence-electron chi connectivity index (χ4n) is 1.44. The van der Waals surface area contributed by atoms with Crippen LogP contribution in [0.1, 0.15) is 42.7 Å². The number of amides is 1. The van der Waals surface area contributed by atoms with Crippen molar-refractivity contribution in [2.45, 2.75) is 33.3 Å². The van der Waals surface area contributed by atoms with E-state index in [4.69, 9.17) is 4.74 Å². The first kappa shape index (κ1) is 16.6. The van der Waals surface area contributed by atoms with E-state index in [0.29, 0.717) is 25.3 Å². The molecule has 0 radical (unpaired) electrons. The van der Waals surface area contributed by atoms with Crippen molar-refractivity contribution in [3.63, 3.8) is 0 Å². The third-order valence-corrected chi connectivity index (χ3v) is 3.88. The number of unbranched alkanes of at least 4 members (excludes halogenated alkanes) is 1. The highest BCUT2D eigenvalue weighted by Crippen LogP contribution is 2.03. The van der Waals surface area contributed by atoms with Crippen LogP contribution in [0.5, 0.6) is 0 Å². The van der Waals surface area contributed by atoms with Gasteiger partial charge in [0, 0.05) is 12.8 Å². The SMILES string of the molecule is CCCCS(=O)(=O)NC(=O)c1ccc(COCC)nc1. The van der Waals surface area contributed by atoms with Crippen molar-refractivity contribution >= 4 is 15.9 Å². The Balaban J connectivity index is 2.63. The molecule has 112 valence electrons. The van der Waals surface area contributed by atoms with Crippen LogP contribution in [0.4, 0.5) is 0 Å². The van der Waals surface area contributed by atoms with Gasteiger partial charge in [-0.15, -0.1) is 0 Å². The van der Waals surface area contributed by atoms with Gasteiger partial charge in [-0.2, -0.15) is 0 Å². The second kappa shape index (κ2) is 7.96. The van der Waals surface area contributed by atoms with Gasteiger partial charge in [-0.3, -0.25) is 9.78 Å². The molecule has 1 aromatic rings. The summed E-state index contributed by atoms with van der Waals surface area (Å²) >= 11 is 0. The lowest BCUT2D eigenvalue weighted by atomic mass is 10.2. The van der Waals surface area contributed by atoms with Crippen molar-refractivity contribution in [2.24, 2.45) is 0 Å². The Bertz CT molecular complexity index is 526. The molecule has 1 heterocycles. The Hall–Kier alpha value is -1.47. The maximum absolute atomic E-state index is 11.8. The van der Waals surface area contributed by atoms with Crippen molar-refractivity contribution in [3.05, 3.63) is 29.6 Å². The molecule has 1 amide bonds. The van der Waals surface area contributed by atoms with E-state index in [2.05, 4.69) is 4.98 Å². The number of aromatic nitrogens is 1.